The van der Waals surface area contributed by atoms with Crippen LogP contribution in [0.2, 0.25) is 0 Å². The van der Waals surface area contributed by atoms with Crippen LogP contribution in [0.4, 0.5) is 13.2 Å². The number of benzene rings is 1. The highest BCUT2D eigenvalue weighted by atomic mass is 19.4. The summed E-state index contributed by atoms with van der Waals surface area (Å²) >= 11 is 0. The monoisotopic (exact) mass is 464 g/mol. The Bertz CT molecular complexity index is 1050. The zero-order valence-electron chi connectivity index (χ0n) is 18.1. The number of amides is 2. The smallest absolute Gasteiger partial charge is 0.405 e. The molecular weight excluding hydrogens is 441 g/mol. The highest BCUT2D eigenvalue weighted by Crippen LogP contribution is 2.28. The summed E-state index contributed by atoms with van der Waals surface area (Å²) in [4.78, 5) is 31.3. The van der Waals surface area contributed by atoms with Gasteiger partial charge in [0.2, 0.25) is 11.8 Å². The third-order valence-electron chi connectivity index (χ3n) is 5.47. The van der Waals surface area contributed by atoms with Gasteiger partial charge in [-0.25, -0.2) is 9.67 Å². The van der Waals surface area contributed by atoms with Crippen LogP contribution in [0.3, 0.4) is 0 Å². The molecule has 1 fully saturated rings. The first-order chi connectivity index (χ1) is 15.5. The van der Waals surface area contributed by atoms with Crippen LogP contribution >= 0.6 is 0 Å². The number of hydrogen-bond acceptors (Lipinski definition) is 6. The van der Waals surface area contributed by atoms with Crippen molar-refractivity contribution >= 4 is 11.8 Å². The van der Waals surface area contributed by atoms with Gasteiger partial charge >= 0.3 is 6.36 Å². The maximum atomic E-state index is 13.1. The summed E-state index contributed by atoms with van der Waals surface area (Å²) in [7, 11) is 0. The summed E-state index contributed by atoms with van der Waals surface area (Å²) in [6, 6.07) is 5.37. The average molecular weight is 464 g/mol. The Morgan fingerprint density at radius 2 is 2.09 bits per heavy atom. The minimum Gasteiger partial charge on any atom is -0.405 e. The van der Waals surface area contributed by atoms with Crippen LogP contribution in [-0.4, -0.2) is 50.9 Å². The van der Waals surface area contributed by atoms with Crippen molar-refractivity contribution in [1.29, 1.82) is 5.26 Å². The summed E-state index contributed by atoms with van der Waals surface area (Å²) in [5.41, 5.74) is -0.905. The molecule has 0 spiro atoms. The highest BCUT2D eigenvalue weighted by molar-refractivity contribution is 5.85. The number of hydrogen-bond donors (Lipinski definition) is 1. The van der Waals surface area contributed by atoms with Crippen molar-refractivity contribution in [2.45, 2.75) is 45.1 Å². The van der Waals surface area contributed by atoms with Crippen LogP contribution in [0.1, 0.15) is 37.8 Å². The summed E-state index contributed by atoms with van der Waals surface area (Å²) < 4.78 is 43.6. The van der Waals surface area contributed by atoms with Crippen molar-refractivity contribution < 1.29 is 27.5 Å². The van der Waals surface area contributed by atoms with Crippen molar-refractivity contribution in [3.05, 3.63) is 42.0 Å². The van der Waals surface area contributed by atoms with Crippen LogP contribution in [-0.2, 0) is 21.7 Å². The molecule has 176 valence electrons. The summed E-state index contributed by atoms with van der Waals surface area (Å²) in [6.07, 6.45) is -1.01. The molecule has 0 bridgehead atoms. The molecule has 2 aromatic rings. The molecule has 0 saturated carbocycles. The largest absolute Gasteiger partial charge is 0.573 e. The predicted octanol–water partition coefficient (Wildman–Crippen LogP) is 2.34. The second-order valence-corrected chi connectivity index (χ2v) is 8.19. The Morgan fingerprint density at radius 1 is 1.33 bits per heavy atom. The highest BCUT2D eigenvalue weighted by Gasteiger charge is 2.38. The number of likely N-dealkylation sites (tertiary alicyclic amines) is 1. The van der Waals surface area contributed by atoms with Crippen LogP contribution in [0, 0.1) is 17.2 Å². The van der Waals surface area contributed by atoms with Gasteiger partial charge in [-0.3, -0.25) is 9.59 Å². The maximum absolute atomic E-state index is 13.1. The topological polar surface area (TPSA) is 113 Å². The second-order valence-electron chi connectivity index (χ2n) is 8.19. The van der Waals surface area contributed by atoms with Gasteiger partial charge in [-0.1, -0.05) is 6.07 Å². The fourth-order valence-electron chi connectivity index (χ4n) is 3.67. The summed E-state index contributed by atoms with van der Waals surface area (Å²) in [6.45, 7) is 3.87. The molecule has 1 N–H and O–H groups in total. The third-order valence-corrected chi connectivity index (χ3v) is 5.47. The number of rotatable bonds is 6. The van der Waals surface area contributed by atoms with E-state index in [1.165, 1.54) is 29.5 Å². The van der Waals surface area contributed by atoms with E-state index in [4.69, 9.17) is 5.26 Å². The lowest BCUT2D eigenvalue weighted by Gasteiger charge is -2.37. The van der Waals surface area contributed by atoms with Gasteiger partial charge in [0.1, 0.15) is 23.9 Å². The fourth-order valence-corrected chi connectivity index (χ4v) is 3.67. The predicted molar refractivity (Wildman–Crippen MR) is 108 cm³/mol. The van der Waals surface area contributed by atoms with E-state index in [1.54, 1.807) is 24.8 Å². The van der Waals surface area contributed by atoms with Crippen molar-refractivity contribution in [2.24, 2.45) is 5.92 Å². The van der Waals surface area contributed by atoms with E-state index in [1.807, 2.05) is 0 Å². The lowest BCUT2D eigenvalue weighted by atomic mass is 9.94. The number of nitrogens with zero attached hydrogens (tertiary/aromatic N) is 5. The molecular formula is C21H23F3N6O3. The van der Waals surface area contributed by atoms with Gasteiger partial charge in [0.05, 0.1) is 17.6 Å². The van der Waals surface area contributed by atoms with Gasteiger partial charge in [-0.05, 0) is 38.8 Å². The van der Waals surface area contributed by atoms with Crippen molar-refractivity contribution in [1.82, 2.24) is 25.0 Å². The third kappa shape index (κ3) is 5.79. The number of nitrogens with one attached hydrogen (secondary N) is 1. The quantitative estimate of drug-likeness (QED) is 0.702. The molecule has 1 saturated heterocycles. The normalized spacial score (nSPS) is 16.7. The number of carbonyl (C=O) groups excluding carboxylic acids is 2. The van der Waals surface area contributed by atoms with E-state index >= 15 is 0 Å². The Morgan fingerprint density at radius 3 is 2.73 bits per heavy atom. The molecule has 12 heteroatoms. The van der Waals surface area contributed by atoms with E-state index in [-0.39, 0.29) is 36.0 Å². The first-order valence-electron chi connectivity index (χ1n) is 10.2. The molecule has 33 heavy (non-hydrogen) atoms. The number of alkyl halides is 3. The van der Waals surface area contributed by atoms with E-state index in [0.29, 0.717) is 19.4 Å². The molecule has 1 atom stereocenters. The van der Waals surface area contributed by atoms with E-state index in [9.17, 15) is 22.8 Å². The number of ether oxygens (including phenoxy) is 1. The Kier molecular flexibility index (Phi) is 6.90. The number of nitriles is 1. The molecule has 0 radical (unpaired) electrons. The van der Waals surface area contributed by atoms with Crippen LogP contribution in [0.5, 0.6) is 5.75 Å². The number of piperidine rings is 1. The molecule has 1 aromatic heterocycles. The van der Waals surface area contributed by atoms with Crippen molar-refractivity contribution in [3.8, 4) is 11.8 Å². The van der Waals surface area contributed by atoms with Crippen LogP contribution < -0.4 is 10.1 Å². The Labute approximate surface area is 188 Å². The van der Waals surface area contributed by atoms with Crippen LogP contribution in [0.25, 0.3) is 0 Å². The number of halogens is 3. The lowest BCUT2D eigenvalue weighted by molar-refractivity contribution is -0.274. The fraction of sp³-hybridized carbons (Fsp3) is 0.476. The summed E-state index contributed by atoms with van der Waals surface area (Å²) in [5, 5.41) is 15.6. The number of carbonyl (C=O) groups is 2. The van der Waals surface area contributed by atoms with Crippen molar-refractivity contribution in [2.75, 3.05) is 13.1 Å². The molecule has 2 amide bonds. The van der Waals surface area contributed by atoms with Gasteiger partial charge in [-0.2, -0.15) is 10.4 Å². The molecule has 1 aliphatic heterocycles. The van der Waals surface area contributed by atoms with E-state index < -0.39 is 23.6 Å². The van der Waals surface area contributed by atoms with Gasteiger partial charge in [0.15, 0.2) is 0 Å². The second kappa shape index (κ2) is 9.48. The van der Waals surface area contributed by atoms with Gasteiger partial charge in [-0.15, -0.1) is 13.2 Å². The molecule has 9 nitrogen and oxygen atoms in total. The molecule has 3 rings (SSSR count). The SMILES string of the molecule is CC(C)(C(=O)N1CCCC(C(=O)NCc2ccc(C#N)cc2OC(F)(F)F)C1)n1cncn1. The van der Waals surface area contributed by atoms with Gasteiger partial charge in [0, 0.05) is 25.2 Å². The zero-order valence-corrected chi connectivity index (χ0v) is 18.1. The molecule has 1 aromatic carbocycles. The standard InChI is InChI=1S/C21H23F3N6O3/c1-20(2,30-13-26-12-28-30)19(32)29-7-3-4-16(11-29)18(31)27-10-15-6-5-14(9-25)8-17(15)33-21(22,23)24/h5-6,8,12-13,16H,3-4,7,10-11H2,1-2H3,(H,27,31). The van der Waals surface area contributed by atoms with E-state index in [2.05, 4.69) is 20.1 Å². The van der Waals surface area contributed by atoms with Crippen LogP contribution in [0.15, 0.2) is 30.9 Å². The molecule has 1 aliphatic rings. The minimum atomic E-state index is -4.94. The Balaban J connectivity index is 1.65. The minimum absolute atomic E-state index is 0.000702. The zero-order chi connectivity index (χ0) is 24.2. The lowest BCUT2D eigenvalue weighted by Crippen LogP contribution is -2.52. The maximum Gasteiger partial charge on any atom is 0.573 e. The molecule has 0 aliphatic carbocycles. The molecule has 1 unspecified atom stereocenters. The van der Waals surface area contributed by atoms with Gasteiger partial charge < -0.3 is 15.0 Å². The number of aromatic nitrogens is 3. The van der Waals surface area contributed by atoms with Gasteiger partial charge in [0.25, 0.3) is 0 Å². The first kappa shape index (κ1) is 24.0. The Hall–Kier alpha value is -3.62. The first-order valence-corrected chi connectivity index (χ1v) is 10.2. The molecule has 2 heterocycles. The van der Waals surface area contributed by atoms with E-state index in [0.717, 1.165) is 6.07 Å². The summed E-state index contributed by atoms with van der Waals surface area (Å²) in [5.74, 6) is -1.65. The van der Waals surface area contributed by atoms with Crippen molar-refractivity contribution in [3.63, 3.8) is 0 Å². The average Bonchev–Trinajstić information content (AvgIpc) is 3.32.